The summed E-state index contributed by atoms with van der Waals surface area (Å²) in [7, 11) is 1.85. The van der Waals surface area contributed by atoms with Gasteiger partial charge in [-0.3, -0.25) is 9.89 Å². The van der Waals surface area contributed by atoms with Crippen molar-refractivity contribution in [2.75, 3.05) is 39.8 Å². The largest absolute Gasteiger partial charge is 0.493 e. The Morgan fingerprint density at radius 1 is 1.24 bits per heavy atom. The minimum Gasteiger partial charge on any atom is -0.493 e. The van der Waals surface area contributed by atoms with Gasteiger partial charge in [-0.1, -0.05) is 23.4 Å². The monoisotopic (exact) mass is 397 g/mol. The van der Waals surface area contributed by atoms with Crippen molar-refractivity contribution in [3.05, 3.63) is 47.3 Å². The molecule has 1 N–H and O–H groups in total. The van der Waals surface area contributed by atoms with Crippen LogP contribution < -0.4 is 10.1 Å². The van der Waals surface area contributed by atoms with Crippen LogP contribution in [0.3, 0.4) is 0 Å². The lowest BCUT2D eigenvalue weighted by Crippen LogP contribution is -2.52. The Morgan fingerprint density at radius 3 is 2.72 bits per heavy atom. The molecule has 29 heavy (non-hydrogen) atoms. The third-order valence-electron chi connectivity index (χ3n) is 5.53. The Morgan fingerprint density at radius 2 is 2.03 bits per heavy atom. The van der Waals surface area contributed by atoms with E-state index in [1.165, 1.54) is 18.4 Å². The summed E-state index contributed by atoms with van der Waals surface area (Å²) in [5, 5.41) is 7.62. The summed E-state index contributed by atoms with van der Waals surface area (Å²) in [6.07, 6.45) is 2.60. The van der Waals surface area contributed by atoms with E-state index in [9.17, 15) is 0 Å². The Labute approximate surface area is 172 Å². The Bertz CT molecular complexity index is 822. The normalized spacial score (nSPS) is 18.1. The molecule has 1 saturated heterocycles. The third-order valence-corrected chi connectivity index (χ3v) is 5.53. The first-order chi connectivity index (χ1) is 14.2. The van der Waals surface area contributed by atoms with Crippen LogP contribution in [-0.4, -0.2) is 60.7 Å². The molecule has 0 unspecified atom stereocenters. The van der Waals surface area contributed by atoms with E-state index in [-0.39, 0.29) is 0 Å². The molecule has 7 nitrogen and oxygen atoms in total. The highest BCUT2D eigenvalue weighted by Gasteiger charge is 2.23. The van der Waals surface area contributed by atoms with Gasteiger partial charge in [0, 0.05) is 57.9 Å². The molecule has 1 aromatic heterocycles. The van der Waals surface area contributed by atoms with Gasteiger partial charge in [0.25, 0.3) is 0 Å². The highest BCUT2D eigenvalue weighted by atomic mass is 16.5. The number of para-hydroxylation sites is 1. The molecule has 1 aliphatic carbocycles. The fourth-order valence-electron chi connectivity index (χ4n) is 3.63. The minimum absolute atomic E-state index is 0.714. The second-order valence-corrected chi connectivity index (χ2v) is 7.95. The molecule has 1 aliphatic heterocycles. The van der Waals surface area contributed by atoms with Gasteiger partial charge in [0.1, 0.15) is 11.5 Å². The summed E-state index contributed by atoms with van der Waals surface area (Å²) in [5.41, 5.74) is 2.18. The molecular formula is C22H31N5O2. The molecule has 2 aliphatic rings. The Kier molecular flexibility index (Phi) is 6.34. The van der Waals surface area contributed by atoms with E-state index in [0.717, 1.165) is 68.4 Å². The number of aryl methyl sites for hydroxylation is 1. The van der Waals surface area contributed by atoms with Crippen LogP contribution in [-0.2, 0) is 13.1 Å². The van der Waals surface area contributed by atoms with Crippen LogP contribution in [0.2, 0.25) is 0 Å². The number of rotatable bonds is 7. The van der Waals surface area contributed by atoms with Crippen molar-refractivity contribution in [3.8, 4) is 5.75 Å². The van der Waals surface area contributed by atoms with E-state index < -0.39 is 0 Å². The third kappa shape index (κ3) is 5.50. The second kappa shape index (κ2) is 9.31. The molecule has 2 heterocycles. The summed E-state index contributed by atoms with van der Waals surface area (Å²) in [6, 6.07) is 10.3. The van der Waals surface area contributed by atoms with E-state index >= 15 is 0 Å². The molecule has 1 saturated carbocycles. The molecule has 156 valence electrons. The van der Waals surface area contributed by atoms with Crippen LogP contribution in [0.15, 0.2) is 39.8 Å². The highest BCUT2D eigenvalue weighted by molar-refractivity contribution is 5.80. The lowest BCUT2D eigenvalue weighted by Gasteiger charge is -2.36. The van der Waals surface area contributed by atoms with Crippen LogP contribution in [0.1, 0.15) is 29.9 Å². The van der Waals surface area contributed by atoms with Crippen molar-refractivity contribution in [1.82, 2.24) is 20.3 Å². The molecule has 0 bridgehead atoms. The lowest BCUT2D eigenvalue weighted by molar-refractivity contribution is 0.169. The van der Waals surface area contributed by atoms with E-state index in [1.807, 2.05) is 26.1 Å². The molecule has 2 fully saturated rings. The van der Waals surface area contributed by atoms with E-state index in [2.05, 4.69) is 43.5 Å². The summed E-state index contributed by atoms with van der Waals surface area (Å²) >= 11 is 0. The predicted octanol–water partition coefficient (Wildman–Crippen LogP) is 2.67. The molecule has 0 spiro atoms. The smallest absolute Gasteiger partial charge is 0.194 e. The summed E-state index contributed by atoms with van der Waals surface area (Å²) in [4.78, 5) is 9.22. The van der Waals surface area contributed by atoms with Gasteiger partial charge in [0.2, 0.25) is 0 Å². The number of guanidine groups is 1. The first kappa shape index (κ1) is 19.8. The number of hydrogen-bond acceptors (Lipinski definition) is 5. The average molecular weight is 398 g/mol. The number of benzene rings is 1. The van der Waals surface area contributed by atoms with Crippen molar-refractivity contribution < 1.29 is 9.26 Å². The number of aromatic nitrogens is 1. The lowest BCUT2D eigenvalue weighted by atomic mass is 10.2. The standard InChI is InChI=1S/C22H31N5O2/c1-17-13-20(25-29-17)15-26-9-11-27(12-10-26)22(23-2)24-14-19-5-3-4-6-21(19)28-16-18-7-8-18/h3-6,13,18H,7-12,14-16H2,1-2H3,(H,23,24). The fraction of sp³-hybridized carbons (Fsp3) is 0.545. The molecule has 0 atom stereocenters. The summed E-state index contributed by atoms with van der Waals surface area (Å²) in [5.74, 6) is 3.54. The molecule has 2 aromatic rings. The van der Waals surface area contributed by atoms with E-state index in [4.69, 9.17) is 9.26 Å². The van der Waals surface area contributed by atoms with Crippen molar-refractivity contribution in [3.63, 3.8) is 0 Å². The van der Waals surface area contributed by atoms with Crippen molar-refractivity contribution in [2.24, 2.45) is 10.9 Å². The quantitative estimate of drug-likeness (QED) is 0.572. The van der Waals surface area contributed by atoms with Gasteiger partial charge in [-0.05, 0) is 31.7 Å². The maximum Gasteiger partial charge on any atom is 0.194 e. The van der Waals surface area contributed by atoms with E-state index in [0.29, 0.717) is 6.54 Å². The zero-order valence-electron chi connectivity index (χ0n) is 17.4. The van der Waals surface area contributed by atoms with Crippen molar-refractivity contribution >= 4 is 5.96 Å². The number of nitrogens with one attached hydrogen (secondary N) is 1. The van der Waals surface area contributed by atoms with Gasteiger partial charge >= 0.3 is 0 Å². The number of piperazine rings is 1. The fourth-order valence-corrected chi connectivity index (χ4v) is 3.63. The second-order valence-electron chi connectivity index (χ2n) is 7.95. The maximum absolute atomic E-state index is 6.03. The highest BCUT2D eigenvalue weighted by Crippen LogP contribution is 2.30. The van der Waals surface area contributed by atoms with Crippen LogP contribution in [0.4, 0.5) is 0 Å². The number of nitrogens with zero attached hydrogens (tertiary/aromatic N) is 4. The average Bonchev–Trinajstić information content (AvgIpc) is 3.49. The van der Waals surface area contributed by atoms with Gasteiger partial charge in [0.05, 0.1) is 12.3 Å². The Hall–Kier alpha value is -2.54. The van der Waals surface area contributed by atoms with Crippen LogP contribution in [0, 0.1) is 12.8 Å². The zero-order chi connectivity index (χ0) is 20.1. The van der Waals surface area contributed by atoms with Crippen molar-refractivity contribution in [1.29, 1.82) is 0 Å². The van der Waals surface area contributed by atoms with Gasteiger partial charge in [0.15, 0.2) is 5.96 Å². The zero-order valence-corrected chi connectivity index (χ0v) is 17.4. The van der Waals surface area contributed by atoms with Crippen molar-refractivity contribution in [2.45, 2.75) is 32.9 Å². The first-order valence-corrected chi connectivity index (χ1v) is 10.5. The van der Waals surface area contributed by atoms with Gasteiger partial charge in [-0.25, -0.2) is 0 Å². The molecule has 1 aromatic carbocycles. The molecule has 0 amide bonds. The molecule has 7 heteroatoms. The first-order valence-electron chi connectivity index (χ1n) is 10.5. The molecule has 4 rings (SSSR count). The topological polar surface area (TPSA) is 66.1 Å². The summed E-state index contributed by atoms with van der Waals surface area (Å²) < 4.78 is 11.2. The van der Waals surface area contributed by atoms with Gasteiger partial charge in [-0.2, -0.15) is 0 Å². The SMILES string of the molecule is CN=C(NCc1ccccc1OCC1CC1)N1CCN(Cc2cc(C)on2)CC1. The number of aliphatic imine (C=N–C) groups is 1. The summed E-state index contributed by atoms with van der Waals surface area (Å²) in [6.45, 7) is 8.15. The van der Waals surface area contributed by atoms with Crippen LogP contribution in [0.25, 0.3) is 0 Å². The maximum atomic E-state index is 6.03. The van der Waals surface area contributed by atoms with Crippen LogP contribution in [0.5, 0.6) is 5.75 Å². The van der Waals surface area contributed by atoms with E-state index in [1.54, 1.807) is 0 Å². The van der Waals surface area contributed by atoms with Gasteiger partial charge < -0.3 is 19.5 Å². The predicted molar refractivity (Wildman–Crippen MR) is 113 cm³/mol. The number of ether oxygens (including phenoxy) is 1. The minimum atomic E-state index is 0.714. The molecular weight excluding hydrogens is 366 g/mol. The molecule has 0 radical (unpaired) electrons. The Balaban J connectivity index is 1.27. The van der Waals surface area contributed by atoms with Gasteiger partial charge in [-0.15, -0.1) is 0 Å². The van der Waals surface area contributed by atoms with Crippen LogP contribution >= 0.6 is 0 Å². The number of hydrogen-bond donors (Lipinski definition) is 1.